The Morgan fingerprint density at radius 3 is 2.80 bits per heavy atom. The normalized spacial score (nSPS) is 15.3. The molecule has 0 amide bonds. The number of methoxy groups -OCH3 is 1. The summed E-state index contributed by atoms with van der Waals surface area (Å²) < 4.78 is 4.99. The molecule has 1 N–H and O–H groups in total. The molecule has 4 nitrogen and oxygen atoms in total. The van der Waals surface area contributed by atoms with Gasteiger partial charge in [0.25, 0.3) is 0 Å². The van der Waals surface area contributed by atoms with Crippen molar-refractivity contribution in [3.05, 3.63) is 23.8 Å². The van der Waals surface area contributed by atoms with Crippen LogP contribution < -0.4 is 4.74 Å². The van der Waals surface area contributed by atoms with Crippen molar-refractivity contribution in [2.24, 2.45) is 4.99 Å². The van der Waals surface area contributed by atoms with Crippen LogP contribution in [0.4, 0.5) is 0 Å². The fourth-order valence-electron chi connectivity index (χ4n) is 1.67. The number of rotatable bonds is 2. The zero-order chi connectivity index (χ0) is 10.8. The number of phenolic OH excluding ortho intramolecular Hbond substituents is 1. The quantitative estimate of drug-likeness (QED) is 0.788. The summed E-state index contributed by atoms with van der Waals surface area (Å²) >= 11 is 0. The number of nitrogens with zero attached hydrogens (tertiary/aromatic N) is 2. The smallest absolute Gasteiger partial charge is 0.160 e. The van der Waals surface area contributed by atoms with Gasteiger partial charge >= 0.3 is 0 Å². The lowest BCUT2D eigenvalue weighted by atomic mass is 10.2. The van der Waals surface area contributed by atoms with Gasteiger partial charge < -0.3 is 14.7 Å². The number of ether oxygens (including phenoxy) is 1. The van der Waals surface area contributed by atoms with Gasteiger partial charge in [0.2, 0.25) is 0 Å². The van der Waals surface area contributed by atoms with Crippen LogP contribution in [0, 0.1) is 0 Å². The highest BCUT2D eigenvalue weighted by molar-refractivity contribution is 6.00. The summed E-state index contributed by atoms with van der Waals surface area (Å²) in [4.78, 5) is 6.44. The number of benzene rings is 1. The van der Waals surface area contributed by atoms with Crippen molar-refractivity contribution in [2.45, 2.75) is 0 Å². The van der Waals surface area contributed by atoms with Crippen LogP contribution in [0.5, 0.6) is 11.5 Å². The van der Waals surface area contributed by atoms with Crippen LogP contribution in [-0.2, 0) is 0 Å². The molecule has 0 fully saturated rings. The third-order valence-corrected chi connectivity index (χ3v) is 2.50. The molecule has 15 heavy (non-hydrogen) atoms. The fourth-order valence-corrected chi connectivity index (χ4v) is 1.67. The van der Waals surface area contributed by atoms with E-state index in [1.165, 1.54) is 7.11 Å². The van der Waals surface area contributed by atoms with E-state index in [1.54, 1.807) is 12.1 Å². The van der Waals surface area contributed by atoms with E-state index < -0.39 is 0 Å². The fraction of sp³-hybridized carbons (Fsp3) is 0.364. The Hall–Kier alpha value is -1.71. The van der Waals surface area contributed by atoms with Crippen LogP contribution in [0.3, 0.4) is 0 Å². The molecule has 1 heterocycles. The second-order valence-electron chi connectivity index (χ2n) is 3.51. The molecule has 0 bridgehead atoms. The maximum Gasteiger partial charge on any atom is 0.160 e. The van der Waals surface area contributed by atoms with E-state index in [-0.39, 0.29) is 5.75 Å². The van der Waals surface area contributed by atoms with Gasteiger partial charge in [-0.25, -0.2) is 0 Å². The minimum absolute atomic E-state index is 0.151. The van der Waals surface area contributed by atoms with Gasteiger partial charge in [0.1, 0.15) is 5.84 Å². The van der Waals surface area contributed by atoms with Gasteiger partial charge in [0.05, 0.1) is 13.7 Å². The molecule has 0 saturated carbocycles. The second-order valence-corrected chi connectivity index (χ2v) is 3.51. The molecule has 1 aliphatic rings. The van der Waals surface area contributed by atoms with Crippen molar-refractivity contribution in [1.82, 2.24) is 4.90 Å². The molecule has 0 saturated heterocycles. The first kappa shape index (κ1) is 9.83. The van der Waals surface area contributed by atoms with Gasteiger partial charge in [-0.15, -0.1) is 0 Å². The standard InChI is InChI=1S/C11H14N2O2/c1-13-6-5-12-11(13)8-3-4-10(15-2)9(14)7-8/h3-4,7,14H,5-6H2,1-2H3. The zero-order valence-electron chi connectivity index (χ0n) is 8.90. The SMILES string of the molecule is COc1ccc(C2=NCCN2C)cc1O. The van der Waals surface area contributed by atoms with E-state index in [1.807, 2.05) is 13.1 Å². The van der Waals surface area contributed by atoms with Crippen molar-refractivity contribution < 1.29 is 9.84 Å². The maximum absolute atomic E-state index is 9.64. The van der Waals surface area contributed by atoms with Crippen LogP contribution in [0.1, 0.15) is 5.56 Å². The average molecular weight is 206 g/mol. The Balaban J connectivity index is 2.34. The predicted molar refractivity (Wildman–Crippen MR) is 58.7 cm³/mol. The minimum atomic E-state index is 0.151. The molecule has 0 aliphatic carbocycles. The lowest BCUT2D eigenvalue weighted by Crippen LogP contribution is -2.23. The predicted octanol–water partition coefficient (Wildman–Crippen LogP) is 1.09. The summed E-state index contributed by atoms with van der Waals surface area (Å²) in [7, 11) is 3.53. The Morgan fingerprint density at radius 2 is 2.27 bits per heavy atom. The topological polar surface area (TPSA) is 45.1 Å². The Kier molecular flexibility index (Phi) is 2.49. The van der Waals surface area contributed by atoms with Gasteiger partial charge in [-0.05, 0) is 18.2 Å². The summed E-state index contributed by atoms with van der Waals surface area (Å²) in [6, 6.07) is 5.33. The van der Waals surface area contributed by atoms with E-state index in [2.05, 4.69) is 9.89 Å². The average Bonchev–Trinajstić information content (AvgIpc) is 2.64. The van der Waals surface area contributed by atoms with Gasteiger partial charge in [0, 0.05) is 19.2 Å². The highest BCUT2D eigenvalue weighted by Gasteiger charge is 2.15. The number of aromatic hydroxyl groups is 1. The minimum Gasteiger partial charge on any atom is -0.504 e. The number of phenols is 1. The third kappa shape index (κ3) is 1.75. The van der Waals surface area contributed by atoms with Crippen molar-refractivity contribution in [2.75, 3.05) is 27.2 Å². The molecule has 1 aliphatic heterocycles. The molecule has 1 aromatic carbocycles. The zero-order valence-corrected chi connectivity index (χ0v) is 8.90. The van der Waals surface area contributed by atoms with Gasteiger partial charge in [-0.1, -0.05) is 0 Å². The molecular formula is C11H14N2O2. The number of likely N-dealkylation sites (N-methyl/N-ethyl adjacent to an activating group) is 1. The lowest BCUT2D eigenvalue weighted by Gasteiger charge is -2.14. The summed E-state index contributed by atoms with van der Waals surface area (Å²) in [5.74, 6) is 1.56. The highest BCUT2D eigenvalue weighted by atomic mass is 16.5. The first-order chi connectivity index (χ1) is 7.22. The largest absolute Gasteiger partial charge is 0.504 e. The van der Waals surface area contributed by atoms with E-state index >= 15 is 0 Å². The third-order valence-electron chi connectivity index (χ3n) is 2.50. The summed E-state index contributed by atoms with van der Waals surface area (Å²) in [6.07, 6.45) is 0. The summed E-state index contributed by atoms with van der Waals surface area (Å²) in [6.45, 7) is 1.75. The monoisotopic (exact) mass is 206 g/mol. The molecule has 80 valence electrons. The van der Waals surface area contributed by atoms with Gasteiger partial charge in [0.15, 0.2) is 11.5 Å². The van der Waals surface area contributed by atoms with E-state index in [0.29, 0.717) is 5.75 Å². The van der Waals surface area contributed by atoms with Gasteiger partial charge in [-0.3, -0.25) is 4.99 Å². The van der Waals surface area contributed by atoms with Crippen molar-refractivity contribution in [3.63, 3.8) is 0 Å². The molecular weight excluding hydrogens is 192 g/mol. The molecule has 2 rings (SSSR count). The number of aliphatic imine (C=N–C) groups is 1. The van der Waals surface area contributed by atoms with Crippen molar-refractivity contribution >= 4 is 5.84 Å². The van der Waals surface area contributed by atoms with E-state index in [9.17, 15) is 5.11 Å². The Morgan fingerprint density at radius 1 is 1.47 bits per heavy atom. The summed E-state index contributed by atoms with van der Waals surface area (Å²) in [5.41, 5.74) is 0.924. The van der Waals surface area contributed by atoms with E-state index in [0.717, 1.165) is 24.5 Å². The Labute approximate surface area is 88.8 Å². The molecule has 0 radical (unpaired) electrons. The van der Waals surface area contributed by atoms with E-state index in [4.69, 9.17) is 4.74 Å². The lowest BCUT2D eigenvalue weighted by molar-refractivity contribution is 0.373. The Bertz CT molecular complexity index is 402. The molecule has 4 heteroatoms. The molecule has 0 unspecified atom stereocenters. The van der Waals surface area contributed by atoms with Crippen molar-refractivity contribution in [1.29, 1.82) is 0 Å². The number of hydrogen-bond donors (Lipinski definition) is 1. The van der Waals surface area contributed by atoms with Crippen LogP contribution in [0.15, 0.2) is 23.2 Å². The molecule has 1 aromatic rings. The first-order valence-electron chi connectivity index (χ1n) is 4.85. The number of amidine groups is 1. The van der Waals surface area contributed by atoms with Crippen LogP contribution in [-0.4, -0.2) is 43.1 Å². The van der Waals surface area contributed by atoms with Crippen LogP contribution in [0.2, 0.25) is 0 Å². The van der Waals surface area contributed by atoms with Crippen LogP contribution in [0.25, 0.3) is 0 Å². The highest BCUT2D eigenvalue weighted by Crippen LogP contribution is 2.27. The molecule has 0 aromatic heterocycles. The first-order valence-corrected chi connectivity index (χ1v) is 4.85. The second kappa shape index (κ2) is 3.81. The summed E-state index contributed by atoms with van der Waals surface area (Å²) in [5, 5.41) is 9.64. The molecule has 0 atom stereocenters. The maximum atomic E-state index is 9.64. The van der Waals surface area contributed by atoms with Gasteiger partial charge in [-0.2, -0.15) is 0 Å². The van der Waals surface area contributed by atoms with Crippen LogP contribution >= 0.6 is 0 Å². The number of hydrogen-bond acceptors (Lipinski definition) is 4. The van der Waals surface area contributed by atoms with Crippen molar-refractivity contribution in [3.8, 4) is 11.5 Å². The molecule has 0 spiro atoms.